The Hall–Kier alpha value is -5.86. The van der Waals surface area contributed by atoms with Gasteiger partial charge >= 0.3 is 0 Å². The number of nitrogens with one attached hydrogen (secondary N) is 3. The number of aliphatic imine (C=N–C) groups is 1. The van der Waals surface area contributed by atoms with Gasteiger partial charge in [-0.2, -0.15) is 5.10 Å². The summed E-state index contributed by atoms with van der Waals surface area (Å²) in [6.45, 7) is 9.02. The van der Waals surface area contributed by atoms with Gasteiger partial charge in [-0.15, -0.1) is 0 Å². The molecule has 2 aromatic carbocycles. The average Bonchev–Trinajstić information content (AvgIpc) is 3.65. The lowest BCUT2D eigenvalue weighted by molar-refractivity contribution is -0.133. The molecule has 7 rings (SSSR count). The van der Waals surface area contributed by atoms with E-state index in [4.69, 9.17) is 35.5 Å². The molecule has 0 atom stereocenters. The standard InChI is InChI=1S/C41H54N12O7/c42-33-22-30(3-4-34(33)54)37-36-38(43)48-27-49-39(36)53(50-37)25-28-1-2-31-26-52(10-5-29(31)21-28)35(55)6-13-57-15-17-59-19-20-60-18-16-58-14-9-45-40(56)32-23-46-41(47-24-32)51-11-7-44-8-12-51/h1-4,21-24,44,49,54H,5-20,25-27,42H2,(H2,43,48)(H,45,56). The fourth-order valence-corrected chi connectivity index (χ4v) is 7.16. The molecule has 2 amide bonds. The molecule has 8 N–H and O–H groups in total. The summed E-state index contributed by atoms with van der Waals surface area (Å²) in [5, 5.41) is 24.2. The number of nitrogens with two attached hydrogens (primary N) is 2. The zero-order valence-electron chi connectivity index (χ0n) is 33.7. The van der Waals surface area contributed by atoms with Crippen molar-refractivity contribution in [2.45, 2.75) is 25.9 Å². The van der Waals surface area contributed by atoms with E-state index in [0.717, 1.165) is 55.1 Å². The van der Waals surface area contributed by atoms with Crippen LogP contribution in [0.4, 0.5) is 17.5 Å². The third-order valence-electron chi connectivity index (χ3n) is 10.4. The number of phenols is 1. The number of piperazine rings is 1. The molecule has 60 heavy (non-hydrogen) atoms. The van der Waals surface area contributed by atoms with E-state index in [1.807, 2.05) is 9.58 Å². The number of amides is 2. The van der Waals surface area contributed by atoms with Crippen molar-refractivity contribution in [1.82, 2.24) is 35.3 Å². The van der Waals surface area contributed by atoms with Crippen molar-refractivity contribution in [1.29, 1.82) is 0 Å². The molecule has 0 unspecified atom stereocenters. The van der Waals surface area contributed by atoms with E-state index >= 15 is 0 Å². The van der Waals surface area contributed by atoms with Gasteiger partial charge in [0.25, 0.3) is 5.91 Å². The fraction of sp³-hybridized carbons (Fsp3) is 0.463. The predicted molar refractivity (Wildman–Crippen MR) is 225 cm³/mol. The smallest absolute Gasteiger partial charge is 0.254 e. The number of hydrogen-bond acceptors (Lipinski definition) is 16. The van der Waals surface area contributed by atoms with Crippen LogP contribution in [0.5, 0.6) is 5.75 Å². The van der Waals surface area contributed by atoms with Crippen LogP contribution < -0.4 is 32.3 Å². The molecule has 1 saturated heterocycles. The van der Waals surface area contributed by atoms with E-state index in [-0.39, 0.29) is 23.3 Å². The van der Waals surface area contributed by atoms with E-state index in [9.17, 15) is 14.7 Å². The van der Waals surface area contributed by atoms with Crippen LogP contribution in [0.1, 0.15) is 39.0 Å². The van der Waals surface area contributed by atoms with Crippen LogP contribution in [-0.4, -0.2) is 146 Å². The first-order valence-corrected chi connectivity index (χ1v) is 20.3. The summed E-state index contributed by atoms with van der Waals surface area (Å²) in [4.78, 5) is 42.3. The van der Waals surface area contributed by atoms with Gasteiger partial charge in [-0.05, 0) is 41.3 Å². The molecule has 4 aromatic rings. The number of aromatic nitrogens is 4. The molecule has 0 saturated carbocycles. The normalized spacial score (nSPS) is 14.9. The Morgan fingerprint density at radius 3 is 2.30 bits per heavy atom. The van der Waals surface area contributed by atoms with Crippen LogP contribution in [-0.2, 0) is 43.3 Å². The molecular formula is C41H54N12O7. The number of nitrogen functional groups attached to an aromatic ring is 1. The summed E-state index contributed by atoms with van der Waals surface area (Å²) in [5.74, 6) is 1.63. The second-order valence-corrected chi connectivity index (χ2v) is 14.5. The maximum absolute atomic E-state index is 13.0. The summed E-state index contributed by atoms with van der Waals surface area (Å²) < 4.78 is 24.2. The number of ether oxygens (including phenoxy) is 4. The minimum absolute atomic E-state index is 0.00714. The average molecular weight is 827 g/mol. The maximum Gasteiger partial charge on any atom is 0.254 e. The van der Waals surface area contributed by atoms with Gasteiger partial charge in [0.2, 0.25) is 11.9 Å². The van der Waals surface area contributed by atoms with Crippen LogP contribution >= 0.6 is 0 Å². The fourth-order valence-electron chi connectivity index (χ4n) is 7.16. The highest BCUT2D eigenvalue weighted by molar-refractivity contribution is 6.08. The number of hydrogen-bond donors (Lipinski definition) is 6. The lowest BCUT2D eigenvalue weighted by Crippen LogP contribution is -2.44. The Morgan fingerprint density at radius 1 is 0.850 bits per heavy atom. The largest absolute Gasteiger partial charge is 0.506 e. The molecule has 3 aliphatic heterocycles. The van der Waals surface area contributed by atoms with Crippen LogP contribution in [0.2, 0.25) is 0 Å². The van der Waals surface area contributed by atoms with Gasteiger partial charge in [0.1, 0.15) is 29.8 Å². The maximum atomic E-state index is 13.0. The van der Waals surface area contributed by atoms with Crippen molar-refractivity contribution >= 4 is 35.1 Å². The molecule has 5 heterocycles. The van der Waals surface area contributed by atoms with Crippen molar-refractivity contribution in [2.75, 3.05) is 115 Å². The van der Waals surface area contributed by atoms with Crippen LogP contribution in [0.3, 0.4) is 0 Å². The number of carbonyl (C=O) groups excluding carboxylic acids is 2. The molecule has 0 spiro atoms. The van der Waals surface area contributed by atoms with E-state index in [2.05, 4.69) is 54.0 Å². The first kappa shape index (κ1) is 42.3. The number of rotatable bonds is 20. The van der Waals surface area contributed by atoms with E-state index in [1.54, 1.807) is 30.6 Å². The minimum atomic E-state index is -0.239. The summed E-state index contributed by atoms with van der Waals surface area (Å²) >= 11 is 0. The first-order chi connectivity index (χ1) is 29.3. The van der Waals surface area contributed by atoms with Gasteiger partial charge in [0.15, 0.2) is 0 Å². The summed E-state index contributed by atoms with van der Waals surface area (Å²) in [7, 11) is 0. The molecule has 3 aliphatic rings. The number of aromatic hydroxyl groups is 1. The van der Waals surface area contributed by atoms with Crippen LogP contribution in [0, 0.1) is 0 Å². The SMILES string of the molecule is NC1=NCNc2c1c(-c1ccc(O)c(N)c1)nn2Cc1ccc2c(c1)CCN(C(=O)CCOCCOCCOCCOCCNC(=O)c1cnc(N3CCNCC3)nc1)C2. The molecule has 19 nitrogen and oxygen atoms in total. The zero-order chi connectivity index (χ0) is 41.7. The van der Waals surface area contributed by atoms with Gasteiger partial charge in [-0.25, -0.2) is 19.6 Å². The minimum Gasteiger partial charge on any atom is -0.506 e. The van der Waals surface area contributed by atoms with Crippen molar-refractivity contribution in [3.63, 3.8) is 0 Å². The Balaban J connectivity index is 0.721. The molecule has 2 aromatic heterocycles. The summed E-state index contributed by atoms with van der Waals surface area (Å²) in [6, 6.07) is 11.3. The molecule has 1 fully saturated rings. The van der Waals surface area contributed by atoms with Gasteiger partial charge in [-0.1, -0.05) is 18.2 Å². The molecule has 0 radical (unpaired) electrons. The van der Waals surface area contributed by atoms with Gasteiger partial charge < -0.3 is 61.3 Å². The van der Waals surface area contributed by atoms with Gasteiger partial charge in [0.05, 0.1) is 82.6 Å². The quantitative estimate of drug-likeness (QED) is 0.0413. The summed E-state index contributed by atoms with van der Waals surface area (Å²) in [5.41, 5.74) is 18.4. The predicted octanol–water partition coefficient (Wildman–Crippen LogP) is 0.945. The number of fused-ring (bicyclic) bond motifs is 2. The lowest BCUT2D eigenvalue weighted by Gasteiger charge is -2.29. The third-order valence-corrected chi connectivity index (χ3v) is 10.4. The molecule has 0 bridgehead atoms. The van der Waals surface area contributed by atoms with Crippen LogP contribution in [0.25, 0.3) is 11.3 Å². The van der Waals surface area contributed by atoms with Gasteiger partial charge in [0, 0.05) is 63.8 Å². The van der Waals surface area contributed by atoms with Crippen molar-refractivity contribution in [3.05, 3.63) is 76.6 Å². The van der Waals surface area contributed by atoms with E-state index in [1.165, 1.54) is 5.56 Å². The lowest BCUT2D eigenvalue weighted by atomic mass is 9.97. The highest BCUT2D eigenvalue weighted by atomic mass is 16.6. The third kappa shape index (κ3) is 11.0. The topological polar surface area (TPSA) is 242 Å². The second kappa shape index (κ2) is 20.9. The van der Waals surface area contributed by atoms with Crippen LogP contribution in [0.15, 0.2) is 53.8 Å². The van der Waals surface area contributed by atoms with Crippen molar-refractivity contribution in [3.8, 4) is 17.0 Å². The Labute approximate surface area is 348 Å². The van der Waals surface area contributed by atoms with E-state index in [0.29, 0.717) is 121 Å². The van der Waals surface area contributed by atoms with Crippen molar-refractivity contribution < 1.29 is 33.6 Å². The van der Waals surface area contributed by atoms with Crippen molar-refractivity contribution in [2.24, 2.45) is 10.7 Å². The Bertz CT molecular complexity index is 2110. The monoisotopic (exact) mass is 826 g/mol. The zero-order valence-corrected chi connectivity index (χ0v) is 33.7. The number of amidine groups is 1. The number of nitrogens with zero attached hydrogens (tertiary/aromatic N) is 7. The first-order valence-electron chi connectivity index (χ1n) is 20.3. The number of benzene rings is 2. The second-order valence-electron chi connectivity index (χ2n) is 14.5. The highest BCUT2D eigenvalue weighted by Gasteiger charge is 2.26. The molecular weight excluding hydrogens is 773 g/mol. The molecule has 19 heteroatoms. The number of anilines is 3. The Morgan fingerprint density at radius 2 is 1.57 bits per heavy atom. The Kier molecular flexibility index (Phi) is 14.7. The number of phenolic OH excluding ortho intramolecular Hbond substituents is 1. The van der Waals surface area contributed by atoms with Gasteiger partial charge in [-0.3, -0.25) is 9.59 Å². The molecule has 0 aliphatic carbocycles. The molecule has 320 valence electrons. The van der Waals surface area contributed by atoms with E-state index < -0.39 is 0 Å². The number of carbonyl (C=O) groups is 2. The highest BCUT2D eigenvalue weighted by Crippen LogP contribution is 2.34. The summed E-state index contributed by atoms with van der Waals surface area (Å²) in [6.07, 6.45) is 4.16.